The lowest BCUT2D eigenvalue weighted by molar-refractivity contribution is 0.415. The summed E-state index contributed by atoms with van der Waals surface area (Å²) in [6, 6.07) is 16.4. The zero-order valence-electron chi connectivity index (χ0n) is 16.7. The van der Waals surface area contributed by atoms with Gasteiger partial charge in [0, 0.05) is 55.7 Å². The fourth-order valence-corrected chi connectivity index (χ4v) is 4.29. The number of ether oxygens (including phenoxy) is 1. The molecule has 0 amide bonds. The van der Waals surface area contributed by atoms with Gasteiger partial charge in [-0.3, -0.25) is 0 Å². The molecule has 0 radical (unpaired) electrons. The molecule has 0 N–H and O–H groups in total. The van der Waals surface area contributed by atoms with E-state index in [1.807, 2.05) is 30.3 Å². The van der Waals surface area contributed by atoms with Crippen LogP contribution in [0.3, 0.4) is 0 Å². The minimum atomic E-state index is 0.794. The number of rotatable bonds is 4. The smallest absolute Gasteiger partial charge is 0.118 e. The van der Waals surface area contributed by atoms with Gasteiger partial charge in [-0.05, 0) is 48.4 Å². The highest BCUT2D eigenvalue weighted by molar-refractivity contribution is 6.30. The Kier molecular flexibility index (Phi) is 5.23. The predicted molar refractivity (Wildman–Crippen MR) is 118 cm³/mol. The van der Waals surface area contributed by atoms with E-state index in [0.29, 0.717) is 0 Å². The maximum absolute atomic E-state index is 6.16. The first kappa shape index (κ1) is 18.8. The summed E-state index contributed by atoms with van der Waals surface area (Å²) in [5.41, 5.74) is 5.02. The third-order valence-electron chi connectivity index (χ3n) is 5.55. The van der Waals surface area contributed by atoms with Crippen molar-refractivity contribution in [2.24, 2.45) is 7.05 Å². The van der Waals surface area contributed by atoms with Crippen molar-refractivity contribution in [3.63, 3.8) is 0 Å². The number of aromatic nitrogens is 1. The molecule has 1 aliphatic rings. The van der Waals surface area contributed by atoms with E-state index in [1.165, 1.54) is 28.2 Å². The first-order valence-electron chi connectivity index (χ1n) is 9.62. The summed E-state index contributed by atoms with van der Waals surface area (Å²) in [5, 5.41) is 0.794. The van der Waals surface area contributed by atoms with Gasteiger partial charge in [-0.2, -0.15) is 0 Å². The molecule has 0 spiro atoms. The van der Waals surface area contributed by atoms with E-state index < -0.39 is 0 Å². The van der Waals surface area contributed by atoms with Gasteiger partial charge in [-0.25, -0.2) is 0 Å². The van der Waals surface area contributed by atoms with E-state index in [-0.39, 0.29) is 0 Å². The lowest BCUT2D eigenvalue weighted by Gasteiger charge is -2.37. The van der Waals surface area contributed by atoms with Gasteiger partial charge in [0.15, 0.2) is 0 Å². The molecule has 2 heterocycles. The van der Waals surface area contributed by atoms with Crippen molar-refractivity contribution in [1.82, 2.24) is 4.57 Å². The molecule has 0 atom stereocenters. The number of aryl methyl sites for hydroxylation is 1. The Morgan fingerprint density at radius 3 is 2.25 bits per heavy atom. The van der Waals surface area contributed by atoms with Gasteiger partial charge in [0.2, 0.25) is 0 Å². The van der Waals surface area contributed by atoms with Crippen LogP contribution in [0.5, 0.6) is 5.75 Å². The second kappa shape index (κ2) is 7.80. The monoisotopic (exact) mass is 395 g/mol. The van der Waals surface area contributed by atoms with E-state index in [4.69, 9.17) is 16.3 Å². The first-order valence-corrected chi connectivity index (χ1v) is 10.0. The third kappa shape index (κ3) is 3.57. The molecule has 5 heteroatoms. The van der Waals surface area contributed by atoms with Crippen LogP contribution in [0.1, 0.15) is 5.56 Å². The second-order valence-corrected chi connectivity index (χ2v) is 7.72. The fraction of sp³-hybridized carbons (Fsp3) is 0.304. The predicted octanol–water partition coefficient (Wildman–Crippen LogP) is 4.99. The van der Waals surface area contributed by atoms with E-state index >= 15 is 0 Å². The van der Waals surface area contributed by atoms with Crippen LogP contribution < -0.4 is 14.5 Å². The number of hydrogen-bond acceptors (Lipinski definition) is 3. The third-order valence-corrected chi connectivity index (χ3v) is 5.78. The van der Waals surface area contributed by atoms with Gasteiger partial charge in [-0.15, -0.1) is 0 Å². The average molecular weight is 396 g/mol. The molecule has 146 valence electrons. The van der Waals surface area contributed by atoms with E-state index in [2.05, 4.69) is 52.7 Å². The van der Waals surface area contributed by atoms with Crippen molar-refractivity contribution >= 4 is 23.1 Å². The number of piperazine rings is 1. The van der Waals surface area contributed by atoms with Crippen LogP contribution in [0.15, 0.2) is 54.7 Å². The topological polar surface area (TPSA) is 20.6 Å². The van der Waals surface area contributed by atoms with Crippen molar-refractivity contribution in [2.45, 2.75) is 6.92 Å². The highest BCUT2D eigenvalue weighted by atomic mass is 35.5. The molecule has 4 nitrogen and oxygen atoms in total. The number of nitrogens with zero attached hydrogens (tertiary/aromatic N) is 3. The van der Waals surface area contributed by atoms with Gasteiger partial charge in [0.1, 0.15) is 11.6 Å². The van der Waals surface area contributed by atoms with Gasteiger partial charge in [0.25, 0.3) is 0 Å². The normalized spacial score (nSPS) is 14.4. The molecular weight excluding hydrogens is 370 g/mol. The molecule has 1 fully saturated rings. The number of halogens is 1. The maximum Gasteiger partial charge on any atom is 0.118 e. The molecule has 3 aromatic rings. The van der Waals surface area contributed by atoms with Crippen LogP contribution in [0.25, 0.3) is 11.1 Å². The molecule has 2 aromatic carbocycles. The van der Waals surface area contributed by atoms with Crippen LogP contribution >= 0.6 is 11.6 Å². The minimum absolute atomic E-state index is 0.794. The Balaban J connectivity index is 1.53. The summed E-state index contributed by atoms with van der Waals surface area (Å²) in [7, 11) is 3.84. The van der Waals surface area contributed by atoms with E-state index in [9.17, 15) is 0 Å². The minimum Gasteiger partial charge on any atom is -0.497 e. The molecule has 1 aromatic heterocycles. The summed E-state index contributed by atoms with van der Waals surface area (Å²) < 4.78 is 7.54. The maximum atomic E-state index is 6.16. The van der Waals surface area contributed by atoms with E-state index in [0.717, 1.165) is 37.0 Å². The molecule has 0 saturated carbocycles. The Bertz CT molecular complexity index is 956. The van der Waals surface area contributed by atoms with Crippen LogP contribution in [0.2, 0.25) is 5.02 Å². The summed E-state index contributed by atoms with van der Waals surface area (Å²) in [6.07, 6.45) is 2.23. The number of anilines is 2. The van der Waals surface area contributed by atoms with E-state index in [1.54, 1.807) is 7.11 Å². The van der Waals surface area contributed by atoms with Crippen LogP contribution in [0.4, 0.5) is 11.5 Å². The first-order chi connectivity index (χ1) is 13.6. The summed E-state index contributed by atoms with van der Waals surface area (Å²) in [4.78, 5) is 4.90. The lowest BCUT2D eigenvalue weighted by atomic mass is 10.0. The highest BCUT2D eigenvalue weighted by Crippen LogP contribution is 2.34. The SMILES string of the molecule is COc1ccc(-c2cn(C)c(N3CCN(c4cccc(Cl)c4)CC3)c2C)cc1. The Morgan fingerprint density at radius 1 is 0.929 bits per heavy atom. The highest BCUT2D eigenvalue weighted by Gasteiger charge is 2.23. The second-order valence-electron chi connectivity index (χ2n) is 7.28. The summed E-state index contributed by atoms with van der Waals surface area (Å²) in [6.45, 7) is 6.18. The zero-order valence-corrected chi connectivity index (χ0v) is 17.4. The van der Waals surface area contributed by atoms with Crippen LogP contribution in [-0.2, 0) is 7.05 Å². The average Bonchev–Trinajstić information content (AvgIpc) is 3.02. The molecule has 28 heavy (non-hydrogen) atoms. The van der Waals surface area contributed by atoms with Gasteiger partial charge < -0.3 is 19.1 Å². The standard InChI is InChI=1S/C23H26ClN3O/c1-17-22(18-7-9-21(28-3)10-8-18)16-25(2)23(17)27-13-11-26(12-14-27)20-6-4-5-19(24)15-20/h4-10,15-16H,11-14H2,1-3H3. The molecule has 0 bridgehead atoms. The Hall–Kier alpha value is -2.59. The lowest BCUT2D eigenvalue weighted by Crippen LogP contribution is -2.47. The van der Waals surface area contributed by atoms with Crippen molar-refractivity contribution < 1.29 is 4.74 Å². The van der Waals surface area contributed by atoms with Gasteiger partial charge >= 0.3 is 0 Å². The number of benzene rings is 2. The van der Waals surface area contributed by atoms with Crippen molar-refractivity contribution in [2.75, 3.05) is 43.1 Å². The summed E-state index contributed by atoms with van der Waals surface area (Å²) in [5.74, 6) is 2.19. The largest absolute Gasteiger partial charge is 0.497 e. The van der Waals surface area contributed by atoms with Gasteiger partial charge in [-0.1, -0.05) is 29.8 Å². The number of hydrogen-bond donors (Lipinski definition) is 0. The Labute approximate surface area is 171 Å². The molecular formula is C23H26ClN3O. The molecule has 1 saturated heterocycles. The van der Waals surface area contributed by atoms with Crippen molar-refractivity contribution in [1.29, 1.82) is 0 Å². The van der Waals surface area contributed by atoms with Crippen molar-refractivity contribution in [3.8, 4) is 16.9 Å². The van der Waals surface area contributed by atoms with Crippen LogP contribution in [-0.4, -0.2) is 37.9 Å². The molecule has 0 unspecified atom stereocenters. The molecule has 4 rings (SSSR count). The quantitative estimate of drug-likeness (QED) is 0.620. The van der Waals surface area contributed by atoms with Crippen molar-refractivity contribution in [3.05, 3.63) is 65.3 Å². The summed E-state index contributed by atoms with van der Waals surface area (Å²) >= 11 is 6.16. The molecule has 1 aliphatic heterocycles. The van der Waals surface area contributed by atoms with Gasteiger partial charge in [0.05, 0.1) is 7.11 Å². The molecule has 0 aliphatic carbocycles. The fourth-order valence-electron chi connectivity index (χ4n) is 4.11. The Morgan fingerprint density at radius 2 is 1.61 bits per heavy atom. The van der Waals surface area contributed by atoms with Crippen LogP contribution in [0, 0.1) is 6.92 Å². The zero-order chi connectivity index (χ0) is 19.7. The number of methoxy groups -OCH3 is 1.